The predicted octanol–water partition coefficient (Wildman–Crippen LogP) is 1.51. The average molecular weight is 553 g/mol. The van der Waals surface area contributed by atoms with E-state index >= 15 is 0 Å². The number of carbonyl (C=O) groups is 1. The number of amides is 1. The minimum absolute atomic E-state index is 0. The Morgan fingerprint density at radius 3 is 2.32 bits per heavy atom. The van der Waals surface area contributed by atoms with Crippen molar-refractivity contribution in [1.29, 1.82) is 0 Å². The van der Waals surface area contributed by atoms with Crippen molar-refractivity contribution in [1.82, 2.24) is 25.8 Å². The number of nitrogens with zero attached hydrogens (tertiary/aromatic N) is 3. The van der Waals surface area contributed by atoms with Gasteiger partial charge in [0.05, 0.1) is 13.2 Å². The summed E-state index contributed by atoms with van der Waals surface area (Å²) in [5.41, 5.74) is 0. The standard InChI is InChI=1S/C22H44N6O2.HI/c1-4-10-24-21(29)18-28-13-8-20(9-14-28)26-22(23-5-2)25-17-19-6-11-27(12-7-19)15-16-30-3;/h19-20H,4-18H2,1-3H3,(H,24,29)(H2,23,25,26);1H. The van der Waals surface area contributed by atoms with Gasteiger partial charge in [0, 0.05) is 52.4 Å². The van der Waals surface area contributed by atoms with Gasteiger partial charge in [0.25, 0.3) is 0 Å². The van der Waals surface area contributed by atoms with Gasteiger partial charge in [-0.1, -0.05) is 6.92 Å². The van der Waals surface area contributed by atoms with E-state index < -0.39 is 0 Å². The van der Waals surface area contributed by atoms with Crippen molar-refractivity contribution in [2.75, 3.05) is 72.6 Å². The Hall–Kier alpha value is -0.650. The Bertz CT molecular complexity index is 506. The maximum atomic E-state index is 11.9. The molecule has 3 N–H and O–H groups in total. The van der Waals surface area contributed by atoms with Crippen LogP contribution in [-0.2, 0) is 9.53 Å². The topological polar surface area (TPSA) is 81.2 Å². The van der Waals surface area contributed by atoms with Crippen molar-refractivity contribution in [2.45, 2.75) is 52.0 Å². The lowest BCUT2D eigenvalue weighted by atomic mass is 9.97. The molecule has 0 unspecified atom stereocenters. The Labute approximate surface area is 206 Å². The summed E-state index contributed by atoms with van der Waals surface area (Å²) in [4.78, 5) is 21.6. The molecule has 0 saturated carbocycles. The summed E-state index contributed by atoms with van der Waals surface area (Å²) in [5.74, 6) is 1.76. The number of hydrogen-bond donors (Lipinski definition) is 3. The van der Waals surface area contributed by atoms with E-state index in [1.54, 1.807) is 7.11 Å². The molecule has 31 heavy (non-hydrogen) atoms. The average Bonchev–Trinajstić information content (AvgIpc) is 2.77. The minimum Gasteiger partial charge on any atom is -0.383 e. The number of guanidine groups is 1. The number of carbonyl (C=O) groups excluding carboxylic acids is 1. The van der Waals surface area contributed by atoms with Gasteiger partial charge in [0.1, 0.15) is 0 Å². The number of aliphatic imine (C=N–C) groups is 1. The normalized spacial score (nSPS) is 19.6. The molecule has 0 spiro atoms. The van der Waals surface area contributed by atoms with Crippen LogP contribution in [0.3, 0.4) is 0 Å². The van der Waals surface area contributed by atoms with Gasteiger partial charge in [-0.05, 0) is 58.0 Å². The Balaban J connectivity index is 0.00000480. The summed E-state index contributed by atoms with van der Waals surface area (Å²) in [6.45, 7) is 13.3. The molecule has 8 nitrogen and oxygen atoms in total. The molecule has 0 aliphatic carbocycles. The van der Waals surface area contributed by atoms with Crippen LogP contribution in [0.2, 0.25) is 0 Å². The highest BCUT2D eigenvalue weighted by molar-refractivity contribution is 14.0. The molecule has 0 radical (unpaired) electrons. The molecule has 0 aromatic rings. The van der Waals surface area contributed by atoms with Crippen molar-refractivity contribution < 1.29 is 9.53 Å². The molecule has 2 aliphatic heterocycles. The van der Waals surface area contributed by atoms with Crippen molar-refractivity contribution in [3.8, 4) is 0 Å². The van der Waals surface area contributed by atoms with Crippen LogP contribution in [0.25, 0.3) is 0 Å². The quantitative estimate of drug-likeness (QED) is 0.205. The highest BCUT2D eigenvalue weighted by Crippen LogP contribution is 2.17. The molecule has 0 aromatic heterocycles. The molecule has 182 valence electrons. The first kappa shape index (κ1) is 28.4. The maximum Gasteiger partial charge on any atom is 0.234 e. The second-order valence-electron chi connectivity index (χ2n) is 8.54. The Morgan fingerprint density at radius 1 is 1.03 bits per heavy atom. The number of piperidine rings is 2. The van der Waals surface area contributed by atoms with Crippen LogP contribution in [0.1, 0.15) is 46.0 Å². The summed E-state index contributed by atoms with van der Waals surface area (Å²) in [5, 5.41) is 10.00. The van der Waals surface area contributed by atoms with Gasteiger partial charge in [-0.3, -0.25) is 14.7 Å². The third-order valence-electron chi connectivity index (χ3n) is 6.04. The number of ether oxygens (including phenoxy) is 1. The van der Waals surface area contributed by atoms with Gasteiger partial charge >= 0.3 is 0 Å². The van der Waals surface area contributed by atoms with Gasteiger partial charge in [-0.15, -0.1) is 24.0 Å². The van der Waals surface area contributed by atoms with Crippen molar-refractivity contribution in [3.05, 3.63) is 0 Å². The van der Waals surface area contributed by atoms with E-state index in [-0.39, 0.29) is 29.9 Å². The summed E-state index contributed by atoms with van der Waals surface area (Å²) in [6, 6.07) is 0.425. The summed E-state index contributed by atoms with van der Waals surface area (Å²) in [6.07, 6.45) is 5.50. The van der Waals surface area contributed by atoms with E-state index in [2.05, 4.69) is 39.6 Å². The maximum absolute atomic E-state index is 11.9. The number of methoxy groups -OCH3 is 1. The third-order valence-corrected chi connectivity index (χ3v) is 6.04. The van der Waals surface area contributed by atoms with Crippen molar-refractivity contribution in [2.24, 2.45) is 10.9 Å². The summed E-state index contributed by atoms with van der Waals surface area (Å²) < 4.78 is 5.19. The van der Waals surface area contributed by atoms with Crippen LogP contribution in [-0.4, -0.2) is 100 Å². The molecule has 2 heterocycles. The first-order valence-corrected chi connectivity index (χ1v) is 11.9. The van der Waals surface area contributed by atoms with Crippen LogP contribution in [0.4, 0.5) is 0 Å². The molecule has 0 bridgehead atoms. The highest BCUT2D eigenvalue weighted by Gasteiger charge is 2.22. The minimum atomic E-state index is 0. The fourth-order valence-corrected chi connectivity index (χ4v) is 4.11. The summed E-state index contributed by atoms with van der Waals surface area (Å²) >= 11 is 0. The smallest absolute Gasteiger partial charge is 0.234 e. The van der Waals surface area contributed by atoms with Crippen molar-refractivity contribution >= 4 is 35.8 Å². The zero-order valence-corrected chi connectivity index (χ0v) is 22.2. The number of halogens is 1. The molecular weight excluding hydrogens is 507 g/mol. The lowest BCUT2D eigenvalue weighted by Crippen LogP contribution is -2.50. The first-order chi connectivity index (χ1) is 14.6. The third kappa shape index (κ3) is 11.7. The van der Waals surface area contributed by atoms with Gasteiger partial charge in [-0.2, -0.15) is 0 Å². The second-order valence-corrected chi connectivity index (χ2v) is 8.54. The van der Waals surface area contributed by atoms with Crippen LogP contribution >= 0.6 is 24.0 Å². The molecule has 1 amide bonds. The lowest BCUT2D eigenvalue weighted by Gasteiger charge is -2.33. The second kappa shape index (κ2) is 16.9. The van der Waals surface area contributed by atoms with Gasteiger partial charge in [-0.25, -0.2) is 0 Å². The van der Waals surface area contributed by atoms with E-state index in [9.17, 15) is 4.79 Å². The SMILES string of the molecule is CCCNC(=O)CN1CCC(NC(=NCC2CCN(CCOC)CC2)NCC)CC1.I. The molecule has 2 fully saturated rings. The summed E-state index contributed by atoms with van der Waals surface area (Å²) in [7, 11) is 1.77. The van der Waals surface area contributed by atoms with E-state index in [4.69, 9.17) is 9.73 Å². The fourth-order valence-electron chi connectivity index (χ4n) is 4.11. The highest BCUT2D eigenvalue weighted by atomic mass is 127. The molecule has 2 saturated heterocycles. The largest absolute Gasteiger partial charge is 0.383 e. The molecular formula is C22H45IN6O2. The van der Waals surface area contributed by atoms with E-state index in [1.807, 2.05) is 0 Å². The predicted molar refractivity (Wildman–Crippen MR) is 138 cm³/mol. The number of rotatable bonds is 11. The van der Waals surface area contributed by atoms with E-state index in [0.29, 0.717) is 18.5 Å². The van der Waals surface area contributed by atoms with Gasteiger partial charge in [0.15, 0.2) is 5.96 Å². The lowest BCUT2D eigenvalue weighted by molar-refractivity contribution is -0.122. The Morgan fingerprint density at radius 2 is 1.71 bits per heavy atom. The van der Waals surface area contributed by atoms with E-state index in [0.717, 1.165) is 84.2 Å². The van der Waals surface area contributed by atoms with Crippen molar-refractivity contribution in [3.63, 3.8) is 0 Å². The Kier molecular flexibility index (Phi) is 15.5. The number of hydrogen-bond acceptors (Lipinski definition) is 5. The molecule has 0 aromatic carbocycles. The van der Waals surface area contributed by atoms with Crippen LogP contribution in [0.15, 0.2) is 4.99 Å². The van der Waals surface area contributed by atoms with Crippen LogP contribution in [0.5, 0.6) is 0 Å². The van der Waals surface area contributed by atoms with Gasteiger partial charge < -0.3 is 25.6 Å². The zero-order chi connectivity index (χ0) is 21.6. The van der Waals surface area contributed by atoms with Crippen LogP contribution < -0.4 is 16.0 Å². The van der Waals surface area contributed by atoms with E-state index in [1.165, 1.54) is 12.8 Å². The molecule has 2 aliphatic rings. The first-order valence-electron chi connectivity index (χ1n) is 11.9. The van der Waals surface area contributed by atoms with Crippen LogP contribution in [0, 0.1) is 5.92 Å². The number of likely N-dealkylation sites (tertiary alicyclic amines) is 2. The fraction of sp³-hybridized carbons (Fsp3) is 0.909. The molecule has 2 rings (SSSR count). The van der Waals surface area contributed by atoms with Gasteiger partial charge in [0.2, 0.25) is 5.91 Å². The molecule has 0 atom stereocenters. The zero-order valence-electron chi connectivity index (χ0n) is 19.8. The monoisotopic (exact) mass is 552 g/mol. The molecule has 9 heteroatoms. The number of nitrogens with one attached hydrogen (secondary N) is 3.